The van der Waals surface area contributed by atoms with Crippen LogP contribution in [0.1, 0.15) is 89.4 Å². The number of aryl methyl sites for hydroxylation is 2. The van der Waals surface area contributed by atoms with E-state index in [2.05, 4.69) is 58.0 Å². The van der Waals surface area contributed by atoms with E-state index in [0.717, 1.165) is 41.2 Å². The van der Waals surface area contributed by atoms with Crippen molar-refractivity contribution in [1.82, 2.24) is 19.9 Å². The molecule has 0 saturated heterocycles. The van der Waals surface area contributed by atoms with Crippen LogP contribution < -0.4 is 0 Å². The molecule has 0 atom stereocenters. The van der Waals surface area contributed by atoms with Gasteiger partial charge in [-0.05, 0) is 30.4 Å². The Bertz CT molecular complexity index is 810. The normalized spacial score (nSPS) is 11.1. The molecule has 32 heavy (non-hydrogen) atoms. The molecule has 0 aliphatic heterocycles. The molecule has 0 amide bonds. The van der Waals surface area contributed by atoms with E-state index in [1.54, 1.807) is 0 Å². The van der Waals surface area contributed by atoms with Crippen LogP contribution in [0.4, 0.5) is 0 Å². The Morgan fingerprint density at radius 3 is 1.62 bits per heavy atom. The second-order valence-corrected chi connectivity index (χ2v) is 8.71. The Balaban J connectivity index is 1.51. The van der Waals surface area contributed by atoms with Crippen LogP contribution in [0.5, 0.6) is 0 Å². The van der Waals surface area contributed by atoms with Crippen LogP contribution >= 0.6 is 0 Å². The molecule has 0 unspecified atom stereocenters. The SMILES string of the molecule is CCCCCCCc1cnc(-c2ccc(-c3cnc(CCCCCCC)nc3)cc2)nc1. The molecule has 4 nitrogen and oxygen atoms in total. The summed E-state index contributed by atoms with van der Waals surface area (Å²) in [6, 6.07) is 8.36. The number of benzene rings is 1. The predicted octanol–water partition coefficient (Wildman–Crippen LogP) is 7.63. The third-order valence-electron chi connectivity index (χ3n) is 5.96. The van der Waals surface area contributed by atoms with Crippen LogP contribution in [-0.2, 0) is 12.8 Å². The third kappa shape index (κ3) is 7.81. The molecule has 0 saturated carbocycles. The lowest BCUT2D eigenvalue weighted by atomic mass is 10.1. The van der Waals surface area contributed by atoms with Crippen LogP contribution in [0.3, 0.4) is 0 Å². The van der Waals surface area contributed by atoms with Crippen LogP contribution in [0.15, 0.2) is 49.1 Å². The molecule has 2 aromatic heterocycles. The van der Waals surface area contributed by atoms with Crippen molar-refractivity contribution < 1.29 is 0 Å². The first-order valence-corrected chi connectivity index (χ1v) is 12.5. The van der Waals surface area contributed by atoms with Gasteiger partial charge in [0.1, 0.15) is 5.82 Å². The minimum atomic E-state index is 0.779. The number of nitrogens with zero attached hydrogens (tertiary/aromatic N) is 4. The maximum atomic E-state index is 4.59. The van der Waals surface area contributed by atoms with Crippen molar-refractivity contribution in [2.45, 2.75) is 90.9 Å². The third-order valence-corrected chi connectivity index (χ3v) is 5.96. The molecule has 2 heterocycles. The molecule has 0 bridgehead atoms. The van der Waals surface area contributed by atoms with E-state index in [-0.39, 0.29) is 0 Å². The maximum absolute atomic E-state index is 4.59. The van der Waals surface area contributed by atoms with Gasteiger partial charge < -0.3 is 0 Å². The summed E-state index contributed by atoms with van der Waals surface area (Å²) < 4.78 is 0. The molecule has 3 aromatic rings. The van der Waals surface area contributed by atoms with Gasteiger partial charge in [0, 0.05) is 42.3 Å². The summed E-state index contributed by atoms with van der Waals surface area (Å²) in [7, 11) is 0. The lowest BCUT2D eigenvalue weighted by molar-refractivity contribution is 0.622. The molecule has 3 rings (SSSR count). The highest BCUT2D eigenvalue weighted by Gasteiger charge is 2.05. The van der Waals surface area contributed by atoms with Crippen molar-refractivity contribution in [3.8, 4) is 22.5 Å². The highest BCUT2D eigenvalue weighted by atomic mass is 14.9. The molecule has 0 spiro atoms. The summed E-state index contributed by atoms with van der Waals surface area (Å²) in [6.07, 6.45) is 22.7. The predicted molar refractivity (Wildman–Crippen MR) is 133 cm³/mol. The molecule has 1 aromatic carbocycles. The molecule has 0 aliphatic rings. The van der Waals surface area contributed by atoms with Crippen LogP contribution in [0, 0.1) is 0 Å². The summed E-state index contributed by atoms with van der Waals surface area (Å²) in [5, 5.41) is 0. The smallest absolute Gasteiger partial charge is 0.159 e. The lowest BCUT2D eigenvalue weighted by Gasteiger charge is -2.06. The number of hydrogen-bond acceptors (Lipinski definition) is 4. The first-order chi connectivity index (χ1) is 15.8. The summed E-state index contributed by atoms with van der Waals surface area (Å²) in [5.74, 6) is 1.72. The Hall–Kier alpha value is -2.62. The van der Waals surface area contributed by atoms with E-state index in [9.17, 15) is 0 Å². The van der Waals surface area contributed by atoms with Crippen molar-refractivity contribution >= 4 is 0 Å². The zero-order valence-electron chi connectivity index (χ0n) is 19.9. The average Bonchev–Trinajstić information content (AvgIpc) is 2.85. The fourth-order valence-corrected chi connectivity index (χ4v) is 3.90. The average molecular weight is 431 g/mol. The van der Waals surface area contributed by atoms with E-state index in [4.69, 9.17) is 0 Å². The van der Waals surface area contributed by atoms with Gasteiger partial charge in [-0.2, -0.15) is 0 Å². The monoisotopic (exact) mass is 430 g/mol. The minimum Gasteiger partial charge on any atom is -0.241 e. The van der Waals surface area contributed by atoms with Gasteiger partial charge >= 0.3 is 0 Å². The van der Waals surface area contributed by atoms with Gasteiger partial charge in [-0.25, -0.2) is 19.9 Å². The highest BCUT2D eigenvalue weighted by Crippen LogP contribution is 2.22. The van der Waals surface area contributed by atoms with E-state index >= 15 is 0 Å². The Morgan fingerprint density at radius 2 is 1.03 bits per heavy atom. The zero-order valence-corrected chi connectivity index (χ0v) is 19.9. The quantitative estimate of drug-likeness (QED) is 0.247. The Morgan fingerprint density at radius 1 is 0.500 bits per heavy atom. The van der Waals surface area contributed by atoms with Gasteiger partial charge in [-0.15, -0.1) is 0 Å². The summed E-state index contributed by atoms with van der Waals surface area (Å²) >= 11 is 0. The van der Waals surface area contributed by atoms with E-state index in [1.165, 1.54) is 69.8 Å². The fraction of sp³-hybridized carbons (Fsp3) is 0.500. The second kappa shape index (κ2) is 13.7. The highest BCUT2D eigenvalue weighted by molar-refractivity contribution is 5.66. The summed E-state index contributed by atoms with van der Waals surface area (Å²) in [5.41, 5.74) is 4.43. The van der Waals surface area contributed by atoms with Crippen LogP contribution in [0.2, 0.25) is 0 Å². The van der Waals surface area contributed by atoms with Gasteiger partial charge in [-0.3, -0.25) is 0 Å². The number of unbranched alkanes of at least 4 members (excludes halogenated alkanes) is 8. The summed E-state index contributed by atoms with van der Waals surface area (Å²) in [6.45, 7) is 4.49. The van der Waals surface area contributed by atoms with Crippen LogP contribution in [0.25, 0.3) is 22.5 Å². The zero-order chi connectivity index (χ0) is 22.4. The minimum absolute atomic E-state index is 0.779. The summed E-state index contributed by atoms with van der Waals surface area (Å²) in [4.78, 5) is 18.3. The van der Waals surface area contributed by atoms with Gasteiger partial charge in [0.25, 0.3) is 0 Å². The van der Waals surface area contributed by atoms with Gasteiger partial charge in [0.15, 0.2) is 5.82 Å². The second-order valence-electron chi connectivity index (χ2n) is 8.71. The number of rotatable bonds is 14. The van der Waals surface area contributed by atoms with E-state index in [0.29, 0.717) is 0 Å². The van der Waals surface area contributed by atoms with Crippen molar-refractivity contribution in [2.24, 2.45) is 0 Å². The van der Waals surface area contributed by atoms with E-state index < -0.39 is 0 Å². The first-order valence-electron chi connectivity index (χ1n) is 12.5. The molecule has 0 N–H and O–H groups in total. The molecule has 0 fully saturated rings. The first kappa shape index (κ1) is 24.0. The van der Waals surface area contributed by atoms with Gasteiger partial charge in [-0.1, -0.05) is 89.5 Å². The lowest BCUT2D eigenvalue weighted by Crippen LogP contribution is -1.95. The van der Waals surface area contributed by atoms with E-state index in [1.807, 2.05) is 24.8 Å². The van der Waals surface area contributed by atoms with Crippen molar-refractivity contribution in [1.29, 1.82) is 0 Å². The van der Waals surface area contributed by atoms with Crippen molar-refractivity contribution in [3.05, 3.63) is 60.4 Å². The van der Waals surface area contributed by atoms with Crippen molar-refractivity contribution in [3.63, 3.8) is 0 Å². The Kier molecular flexibility index (Phi) is 10.3. The van der Waals surface area contributed by atoms with Crippen LogP contribution in [-0.4, -0.2) is 19.9 Å². The molecular formula is C28H38N4. The van der Waals surface area contributed by atoms with Gasteiger partial charge in [0.05, 0.1) is 0 Å². The maximum Gasteiger partial charge on any atom is 0.159 e. The molecule has 0 radical (unpaired) electrons. The molecule has 170 valence electrons. The topological polar surface area (TPSA) is 51.6 Å². The van der Waals surface area contributed by atoms with Crippen molar-refractivity contribution in [2.75, 3.05) is 0 Å². The number of hydrogen-bond donors (Lipinski definition) is 0. The fourth-order valence-electron chi connectivity index (χ4n) is 3.90. The standard InChI is InChI=1S/C28H38N4/c1-3-5-7-9-11-13-23-19-31-28(32-20-23)25-17-15-24(16-18-25)26-21-29-27(30-22-26)14-12-10-8-6-4-2/h15-22H,3-14H2,1-2H3. The van der Waals surface area contributed by atoms with Gasteiger partial charge in [0.2, 0.25) is 0 Å². The molecule has 4 heteroatoms. The Labute approximate surface area is 194 Å². The molecular weight excluding hydrogens is 392 g/mol. The largest absolute Gasteiger partial charge is 0.241 e. The molecule has 0 aliphatic carbocycles. The number of aromatic nitrogens is 4.